The summed E-state index contributed by atoms with van der Waals surface area (Å²) in [7, 11) is 0. The molecule has 1 atom stereocenters. The summed E-state index contributed by atoms with van der Waals surface area (Å²) in [6.45, 7) is 1.50. The maximum Gasteiger partial charge on any atom is 0.125 e. The van der Waals surface area contributed by atoms with E-state index in [0.29, 0.717) is 11.3 Å². The van der Waals surface area contributed by atoms with Gasteiger partial charge in [0, 0.05) is 10.7 Å². The van der Waals surface area contributed by atoms with Crippen LogP contribution < -0.4 is 5.32 Å². The van der Waals surface area contributed by atoms with Gasteiger partial charge < -0.3 is 10.4 Å². The Hall–Kier alpha value is -1.65. The lowest BCUT2D eigenvalue weighted by Gasteiger charge is -2.19. The molecule has 0 amide bonds. The molecule has 2 aromatic carbocycles. The molecule has 106 valence electrons. The molecule has 0 heterocycles. The van der Waals surface area contributed by atoms with Crippen LogP contribution in [0.4, 0.5) is 14.5 Å². The van der Waals surface area contributed by atoms with Crippen molar-refractivity contribution < 1.29 is 13.9 Å². The second-order valence-electron chi connectivity index (χ2n) is 4.60. The van der Waals surface area contributed by atoms with Crippen molar-refractivity contribution in [2.24, 2.45) is 0 Å². The second-order valence-corrected chi connectivity index (χ2v) is 5.04. The highest BCUT2D eigenvalue weighted by Gasteiger charge is 2.13. The van der Waals surface area contributed by atoms with Gasteiger partial charge in [0.2, 0.25) is 0 Å². The average Bonchev–Trinajstić information content (AvgIpc) is 2.33. The van der Waals surface area contributed by atoms with Crippen LogP contribution in [0.1, 0.15) is 17.2 Å². The summed E-state index contributed by atoms with van der Waals surface area (Å²) in [5.74, 6) is -0.857. The van der Waals surface area contributed by atoms with E-state index in [1.54, 1.807) is 19.1 Å². The standard InChI is InChI=1S/C15H14ClF2NO/c1-9-2-12(17)7-14(3-9)19-15(8-20)10-4-11(16)6-13(18)5-10/h2-7,15,19-20H,8H2,1H3. The van der Waals surface area contributed by atoms with Gasteiger partial charge in [-0.05, 0) is 54.4 Å². The lowest BCUT2D eigenvalue weighted by atomic mass is 10.1. The van der Waals surface area contributed by atoms with Gasteiger partial charge in [-0.3, -0.25) is 0 Å². The van der Waals surface area contributed by atoms with Gasteiger partial charge in [0.05, 0.1) is 12.6 Å². The first-order valence-corrected chi connectivity index (χ1v) is 6.46. The van der Waals surface area contributed by atoms with Gasteiger partial charge in [0.1, 0.15) is 11.6 Å². The van der Waals surface area contributed by atoms with Crippen molar-refractivity contribution in [3.05, 3.63) is 64.2 Å². The van der Waals surface area contributed by atoms with Crippen LogP contribution in [0.5, 0.6) is 0 Å². The van der Waals surface area contributed by atoms with Crippen LogP contribution in [0.15, 0.2) is 36.4 Å². The molecule has 0 saturated heterocycles. The van der Waals surface area contributed by atoms with E-state index in [2.05, 4.69) is 5.32 Å². The topological polar surface area (TPSA) is 32.3 Å². The summed E-state index contributed by atoms with van der Waals surface area (Å²) >= 11 is 5.80. The molecule has 2 N–H and O–H groups in total. The van der Waals surface area contributed by atoms with Crippen LogP contribution in [-0.4, -0.2) is 11.7 Å². The normalized spacial score (nSPS) is 12.2. The molecule has 2 aromatic rings. The summed E-state index contributed by atoms with van der Waals surface area (Å²) in [5, 5.41) is 12.7. The third kappa shape index (κ3) is 3.68. The zero-order chi connectivity index (χ0) is 14.7. The minimum atomic E-state index is -0.565. The van der Waals surface area contributed by atoms with E-state index >= 15 is 0 Å². The Morgan fingerprint density at radius 2 is 1.80 bits per heavy atom. The van der Waals surface area contributed by atoms with E-state index in [1.807, 2.05) is 0 Å². The third-order valence-corrected chi connectivity index (χ3v) is 3.07. The highest BCUT2D eigenvalue weighted by atomic mass is 35.5. The maximum atomic E-state index is 13.3. The third-order valence-electron chi connectivity index (χ3n) is 2.85. The number of benzene rings is 2. The summed E-state index contributed by atoms with van der Waals surface area (Å²) in [5.41, 5.74) is 1.77. The number of rotatable bonds is 4. The molecule has 2 rings (SSSR count). The van der Waals surface area contributed by atoms with Crippen molar-refractivity contribution in [2.75, 3.05) is 11.9 Å². The summed E-state index contributed by atoms with van der Waals surface area (Å²) in [6.07, 6.45) is 0. The van der Waals surface area contributed by atoms with Gasteiger partial charge in [-0.25, -0.2) is 8.78 Å². The van der Waals surface area contributed by atoms with Gasteiger partial charge in [-0.1, -0.05) is 11.6 Å². The van der Waals surface area contributed by atoms with Crippen LogP contribution in [0.2, 0.25) is 5.02 Å². The average molecular weight is 298 g/mol. The van der Waals surface area contributed by atoms with E-state index in [-0.39, 0.29) is 17.4 Å². The van der Waals surface area contributed by atoms with Crippen molar-refractivity contribution >= 4 is 17.3 Å². The number of aliphatic hydroxyl groups excluding tert-OH is 1. The van der Waals surface area contributed by atoms with Gasteiger partial charge in [-0.15, -0.1) is 0 Å². The predicted octanol–water partition coefficient (Wildman–Crippen LogP) is 4.07. The lowest BCUT2D eigenvalue weighted by Crippen LogP contribution is -2.15. The Morgan fingerprint density at radius 3 is 2.40 bits per heavy atom. The van der Waals surface area contributed by atoms with E-state index in [4.69, 9.17) is 11.6 Å². The molecular weight excluding hydrogens is 284 g/mol. The minimum absolute atomic E-state index is 0.246. The van der Waals surface area contributed by atoms with Crippen LogP contribution >= 0.6 is 11.6 Å². The molecule has 2 nitrogen and oxygen atoms in total. The Labute approximate surface area is 121 Å². The molecule has 0 saturated carbocycles. The summed E-state index contributed by atoms with van der Waals surface area (Å²) in [6, 6.07) is 7.92. The van der Waals surface area contributed by atoms with Crippen molar-refractivity contribution in [3.63, 3.8) is 0 Å². The molecule has 1 unspecified atom stereocenters. The zero-order valence-corrected chi connectivity index (χ0v) is 11.6. The van der Waals surface area contributed by atoms with E-state index in [0.717, 1.165) is 5.56 Å². The second kappa shape index (κ2) is 6.20. The number of nitrogens with one attached hydrogen (secondary N) is 1. The highest BCUT2D eigenvalue weighted by molar-refractivity contribution is 6.30. The molecule has 5 heteroatoms. The fourth-order valence-electron chi connectivity index (χ4n) is 2.03. The van der Waals surface area contributed by atoms with Gasteiger partial charge in [-0.2, -0.15) is 0 Å². The first kappa shape index (κ1) is 14.8. The van der Waals surface area contributed by atoms with Crippen molar-refractivity contribution in [3.8, 4) is 0 Å². The largest absolute Gasteiger partial charge is 0.394 e. The Morgan fingerprint density at radius 1 is 1.10 bits per heavy atom. The number of hydrogen-bond acceptors (Lipinski definition) is 2. The molecule has 0 bridgehead atoms. The van der Waals surface area contributed by atoms with Gasteiger partial charge in [0.15, 0.2) is 0 Å². The maximum absolute atomic E-state index is 13.3. The SMILES string of the molecule is Cc1cc(F)cc(NC(CO)c2cc(F)cc(Cl)c2)c1. The minimum Gasteiger partial charge on any atom is -0.394 e. The zero-order valence-electron chi connectivity index (χ0n) is 10.8. The van der Waals surface area contributed by atoms with Crippen LogP contribution in [-0.2, 0) is 0 Å². The lowest BCUT2D eigenvalue weighted by molar-refractivity contribution is 0.276. The Balaban J connectivity index is 2.28. The fraction of sp³-hybridized carbons (Fsp3) is 0.200. The van der Waals surface area contributed by atoms with Crippen LogP contribution in [0.3, 0.4) is 0 Å². The quantitative estimate of drug-likeness (QED) is 0.891. The number of aryl methyl sites for hydroxylation is 1. The number of anilines is 1. The molecule has 0 radical (unpaired) electrons. The Kier molecular flexibility index (Phi) is 4.57. The monoisotopic (exact) mass is 297 g/mol. The predicted molar refractivity (Wildman–Crippen MR) is 76.0 cm³/mol. The van der Waals surface area contributed by atoms with Gasteiger partial charge >= 0.3 is 0 Å². The first-order chi connectivity index (χ1) is 9.47. The molecule has 0 spiro atoms. The van der Waals surface area contributed by atoms with E-state index in [1.165, 1.54) is 24.3 Å². The molecule has 20 heavy (non-hydrogen) atoms. The molecule has 0 aliphatic heterocycles. The molecule has 0 aliphatic carbocycles. The smallest absolute Gasteiger partial charge is 0.125 e. The summed E-state index contributed by atoms with van der Waals surface area (Å²) < 4.78 is 26.7. The highest BCUT2D eigenvalue weighted by Crippen LogP contribution is 2.24. The summed E-state index contributed by atoms with van der Waals surface area (Å²) in [4.78, 5) is 0. The molecule has 0 aliphatic rings. The molecule has 0 aromatic heterocycles. The number of halogens is 3. The van der Waals surface area contributed by atoms with Gasteiger partial charge in [0.25, 0.3) is 0 Å². The first-order valence-electron chi connectivity index (χ1n) is 6.08. The van der Waals surface area contributed by atoms with Crippen molar-refractivity contribution in [1.82, 2.24) is 0 Å². The van der Waals surface area contributed by atoms with Crippen LogP contribution in [0.25, 0.3) is 0 Å². The number of hydrogen-bond donors (Lipinski definition) is 2. The Bertz CT molecular complexity index is 578. The van der Waals surface area contributed by atoms with E-state index in [9.17, 15) is 13.9 Å². The van der Waals surface area contributed by atoms with Crippen molar-refractivity contribution in [2.45, 2.75) is 13.0 Å². The molecular formula is C15H14ClF2NO. The van der Waals surface area contributed by atoms with E-state index < -0.39 is 11.9 Å². The number of aliphatic hydroxyl groups is 1. The molecule has 0 fully saturated rings. The fourth-order valence-corrected chi connectivity index (χ4v) is 2.26. The van der Waals surface area contributed by atoms with Crippen molar-refractivity contribution in [1.29, 1.82) is 0 Å². The van der Waals surface area contributed by atoms with Crippen LogP contribution in [0, 0.1) is 18.6 Å².